The zero-order valence-electron chi connectivity index (χ0n) is 12.8. The molecule has 0 saturated heterocycles. The van der Waals surface area contributed by atoms with E-state index >= 15 is 0 Å². The first kappa shape index (κ1) is 17.4. The lowest BCUT2D eigenvalue weighted by Crippen LogP contribution is -2.31. The normalized spacial score (nSPS) is 11.7. The van der Waals surface area contributed by atoms with Gasteiger partial charge in [-0.25, -0.2) is 0 Å². The molecule has 0 bridgehead atoms. The molecule has 0 heterocycles. The van der Waals surface area contributed by atoms with Gasteiger partial charge in [0.15, 0.2) is 6.61 Å². The van der Waals surface area contributed by atoms with Crippen LogP contribution < -0.4 is 14.8 Å². The molecule has 0 aliphatic heterocycles. The molecule has 2 aromatic carbocycles. The van der Waals surface area contributed by atoms with Gasteiger partial charge in [0.2, 0.25) is 0 Å². The molecule has 0 aliphatic rings. The Morgan fingerprint density at radius 1 is 1.17 bits per heavy atom. The first-order chi connectivity index (χ1) is 11.0. The fraction of sp³-hybridized carbons (Fsp3) is 0.235. The van der Waals surface area contributed by atoms with Crippen molar-refractivity contribution in [3.05, 3.63) is 58.1 Å². The highest BCUT2D eigenvalue weighted by atomic mass is 35.5. The van der Waals surface area contributed by atoms with Gasteiger partial charge in [0, 0.05) is 10.6 Å². The van der Waals surface area contributed by atoms with E-state index < -0.39 is 0 Å². The molecule has 0 spiro atoms. The van der Waals surface area contributed by atoms with Gasteiger partial charge in [0.25, 0.3) is 5.91 Å². The van der Waals surface area contributed by atoms with Crippen LogP contribution in [-0.4, -0.2) is 19.6 Å². The van der Waals surface area contributed by atoms with Gasteiger partial charge < -0.3 is 14.8 Å². The molecule has 0 aliphatic carbocycles. The lowest BCUT2D eigenvalue weighted by Gasteiger charge is -2.17. The molecule has 122 valence electrons. The van der Waals surface area contributed by atoms with Crippen LogP contribution in [0.1, 0.15) is 18.5 Å². The van der Waals surface area contributed by atoms with Crippen LogP contribution in [-0.2, 0) is 4.79 Å². The van der Waals surface area contributed by atoms with E-state index in [9.17, 15) is 4.79 Å². The Morgan fingerprint density at radius 3 is 2.61 bits per heavy atom. The molecule has 0 aromatic heterocycles. The summed E-state index contributed by atoms with van der Waals surface area (Å²) in [6, 6.07) is 12.2. The summed E-state index contributed by atoms with van der Waals surface area (Å²) in [5, 5.41) is 3.73. The number of rotatable bonds is 6. The quantitative estimate of drug-likeness (QED) is 0.843. The Kier molecular flexibility index (Phi) is 6.13. The highest BCUT2D eigenvalue weighted by molar-refractivity contribution is 6.35. The molecule has 1 N–H and O–H groups in total. The van der Waals surface area contributed by atoms with Crippen LogP contribution in [0.5, 0.6) is 11.5 Å². The number of benzene rings is 2. The van der Waals surface area contributed by atoms with Crippen molar-refractivity contribution < 1.29 is 14.3 Å². The van der Waals surface area contributed by atoms with Crippen LogP contribution in [0.15, 0.2) is 42.5 Å². The van der Waals surface area contributed by atoms with Gasteiger partial charge in [0.05, 0.1) is 18.2 Å². The molecule has 0 saturated carbocycles. The van der Waals surface area contributed by atoms with E-state index in [1.807, 2.05) is 31.2 Å². The van der Waals surface area contributed by atoms with E-state index in [1.165, 1.54) is 0 Å². The second kappa shape index (κ2) is 8.09. The van der Waals surface area contributed by atoms with Gasteiger partial charge >= 0.3 is 0 Å². The number of hydrogen-bond donors (Lipinski definition) is 1. The first-order valence-electron chi connectivity index (χ1n) is 7.01. The third-order valence-corrected chi connectivity index (χ3v) is 3.77. The molecular formula is C17H17Cl2NO3. The second-order valence-corrected chi connectivity index (χ2v) is 5.74. The summed E-state index contributed by atoms with van der Waals surface area (Å²) in [6.45, 7) is 1.74. The van der Waals surface area contributed by atoms with Crippen LogP contribution >= 0.6 is 23.2 Å². The van der Waals surface area contributed by atoms with Crippen LogP contribution in [0.25, 0.3) is 0 Å². The first-order valence-corrected chi connectivity index (χ1v) is 7.77. The minimum absolute atomic E-state index is 0.138. The molecule has 4 nitrogen and oxygen atoms in total. The summed E-state index contributed by atoms with van der Waals surface area (Å²) < 4.78 is 10.7. The lowest BCUT2D eigenvalue weighted by atomic mass is 10.1. The monoisotopic (exact) mass is 353 g/mol. The maximum Gasteiger partial charge on any atom is 0.258 e. The van der Waals surface area contributed by atoms with Gasteiger partial charge in [-0.2, -0.15) is 0 Å². The van der Waals surface area contributed by atoms with Crippen LogP contribution in [0.2, 0.25) is 10.0 Å². The summed E-state index contributed by atoms with van der Waals surface area (Å²) in [6.07, 6.45) is 0. The third kappa shape index (κ3) is 4.78. The summed E-state index contributed by atoms with van der Waals surface area (Å²) in [4.78, 5) is 12.0. The zero-order chi connectivity index (χ0) is 16.8. The Morgan fingerprint density at radius 2 is 1.91 bits per heavy atom. The van der Waals surface area contributed by atoms with E-state index in [1.54, 1.807) is 25.3 Å². The molecule has 1 amide bonds. The number of nitrogens with one attached hydrogen (secondary N) is 1. The number of amides is 1. The van der Waals surface area contributed by atoms with E-state index in [4.69, 9.17) is 32.7 Å². The summed E-state index contributed by atoms with van der Waals surface area (Å²) in [7, 11) is 1.60. The molecular weight excluding hydrogens is 337 g/mol. The number of methoxy groups -OCH3 is 1. The molecule has 2 rings (SSSR count). The number of halogens is 2. The third-order valence-electron chi connectivity index (χ3n) is 3.24. The smallest absolute Gasteiger partial charge is 0.258 e. The minimum Gasteiger partial charge on any atom is -0.496 e. The minimum atomic E-state index is -0.255. The van der Waals surface area contributed by atoms with E-state index in [2.05, 4.69) is 5.32 Å². The maximum absolute atomic E-state index is 12.0. The highest BCUT2D eigenvalue weighted by Gasteiger charge is 2.14. The van der Waals surface area contributed by atoms with Gasteiger partial charge in [0.1, 0.15) is 11.5 Å². The second-order valence-electron chi connectivity index (χ2n) is 4.89. The molecule has 0 radical (unpaired) electrons. The topological polar surface area (TPSA) is 47.6 Å². The SMILES string of the molecule is COc1ccccc1C(C)NC(=O)COc1ccc(Cl)cc1Cl. The van der Waals surface area contributed by atoms with Gasteiger partial charge in [-0.15, -0.1) is 0 Å². The standard InChI is InChI=1S/C17H17Cl2NO3/c1-11(13-5-3-4-6-15(13)22-2)20-17(21)10-23-16-8-7-12(18)9-14(16)19/h3-9,11H,10H2,1-2H3,(H,20,21). The van der Waals surface area contributed by atoms with Crippen molar-refractivity contribution in [2.24, 2.45) is 0 Å². The Bertz CT molecular complexity index is 691. The van der Waals surface area contributed by atoms with Crippen molar-refractivity contribution in [1.82, 2.24) is 5.32 Å². The van der Waals surface area contributed by atoms with Gasteiger partial charge in [-0.1, -0.05) is 41.4 Å². The van der Waals surface area contributed by atoms with Crippen molar-refractivity contribution >= 4 is 29.1 Å². The van der Waals surface area contributed by atoms with Crippen LogP contribution in [0.3, 0.4) is 0 Å². The van der Waals surface area contributed by atoms with Crippen LogP contribution in [0, 0.1) is 0 Å². The predicted octanol–water partition coefficient (Wildman–Crippen LogP) is 4.26. The van der Waals surface area contributed by atoms with Crippen molar-refractivity contribution in [2.45, 2.75) is 13.0 Å². The highest BCUT2D eigenvalue weighted by Crippen LogP contribution is 2.27. The average Bonchev–Trinajstić information content (AvgIpc) is 2.54. The van der Waals surface area contributed by atoms with Crippen molar-refractivity contribution in [1.29, 1.82) is 0 Å². The number of carbonyl (C=O) groups excluding carboxylic acids is 1. The Balaban J connectivity index is 1.94. The number of carbonyl (C=O) groups is 1. The average molecular weight is 354 g/mol. The van der Waals surface area contributed by atoms with Gasteiger partial charge in [-0.3, -0.25) is 4.79 Å². The summed E-state index contributed by atoms with van der Waals surface area (Å²) >= 11 is 11.8. The molecule has 23 heavy (non-hydrogen) atoms. The molecule has 1 unspecified atom stereocenters. The van der Waals surface area contributed by atoms with Crippen LogP contribution in [0.4, 0.5) is 0 Å². The molecule has 2 aromatic rings. The van der Waals surface area contributed by atoms with E-state index in [-0.39, 0.29) is 18.6 Å². The number of hydrogen-bond acceptors (Lipinski definition) is 3. The number of ether oxygens (including phenoxy) is 2. The molecule has 1 atom stereocenters. The summed E-state index contributed by atoms with van der Waals surface area (Å²) in [5.41, 5.74) is 0.896. The fourth-order valence-electron chi connectivity index (χ4n) is 2.12. The predicted molar refractivity (Wildman–Crippen MR) is 91.5 cm³/mol. The van der Waals surface area contributed by atoms with Crippen molar-refractivity contribution in [2.75, 3.05) is 13.7 Å². The zero-order valence-corrected chi connectivity index (χ0v) is 14.3. The largest absolute Gasteiger partial charge is 0.496 e. The van der Waals surface area contributed by atoms with Gasteiger partial charge in [-0.05, 0) is 31.2 Å². The van der Waals surface area contributed by atoms with E-state index in [0.29, 0.717) is 15.8 Å². The maximum atomic E-state index is 12.0. The molecule has 0 fully saturated rings. The summed E-state index contributed by atoms with van der Waals surface area (Å²) in [5.74, 6) is 0.882. The fourth-order valence-corrected chi connectivity index (χ4v) is 2.58. The Labute approximate surface area is 145 Å². The van der Waals surface area contributed by atoms with Crippen molar-refractivity contribution in [3.8, 4) is 11.5 Å². The van der Waals surface area contributed by atoms with Crippen molar-refractivity contribution in [3.63, 3.8) is 0 Å². The molecule has 6 heteroatoms. The Hall–Kier alpha value is -1.91. The number of para-hydroxylation sites is 1. The van der Waals surface area contributed by atoms with E-state index in [0.717, 1.165) is 11.3 Å². The lowest BCUT2D eigenvalue weighted by molar-refractivity contribution is -0.123.